The van der Waals surface area contributed by atoms with Gasteiger partial charge >= 0.3 is 5.97 Å². The smallest absolute Gasteiger partial charge is 0.335 e. The molecule has 348 valence electrons. The van der Waals surface area contributed by atoms with Gasteiger partial charge in [0.25, 0.3) is 0 Å². The molecule has 0 aliphatic carbocycles. The summed E-state index contributed by atoms with van der Waals surface area (Å²) >= 11 is 0. The third kappa shape index (κ3) is 7.83. The lowest BCUT2D eigenvalue weighted by atomic mass is 9.12. The van der Waals surface area contributed by atoms with Crippen LogP contribution in [0, 0.1) is 116 Å². The minimum absolute atomic E-state index is 0.0133. The quantitative estimate of drug-likeness (QED) is 0.0415. The summed E-state index contributed by atoms with van der Waals surface area (Å²) < 4.78 is 296. The maximum Gasteiger partial charge on any atom is 0.335 e. The van der Waals surface area contributed by atoms with Gasteiger partial charge in [0.05, 0.1) is 5.56 Å². The van der Waals surface area contributed by atoms with E-state index >= 15 is 35.1 Å². The molecule has 0 fully saturated rings. The first-order chi connectivity index (χ1) is 31.3. The Morgan fingerprint density at radius 2 is 0.701 bits per heavy atom. The number of ketones is 1. The molecule has 0 unspecified atom stereocenters. The molecular weight excluding hydrogens is 957 g/mol. The Hall–Kier alpha value is -7.47. The fourth-order valence-electron chi connectivity index (χ4n) is 7.22. The summed E-state index contributed by atoms with van der Waals surface area (Å²) in [6.07, 6.45) is -3.60. The Morgan fingerprint density at radius 3 is 1.01 bits per heavy atom. The second-order valence-corrected chi connectivity index (χ2v) is 13.9. The summed E-state index contributed by atoms with van der Waals surface area (Å²) in [6.45, 7) is 0.219. The predicted molar refractivity (Wildman–Crippen MR) is 191 cm³/mol. The number of hydrogen-bond acceptors (Lipinski definition) is 2. The van der Waals surface area contributed by atoms with Crippen LogP contribution in [0.2, 0.25) is 0 Å². The van der Waals surface area contributed by atoms with Crippen molar-refractivity contribution >= 4 is 50.5 Å². The monoisotopic (exact) mass is 971 g/mol. The number of aromatic carboxylic acids is 1. The molecule has 6 aromatic carbocycles. The first-order valence-corrected chi connectivity index (χ1v) is 17.8. The molecule has 0 aliphatic heterocycles. The van der Waals surface area contributed by atoms with Crippen LogP contribution in [0.15, 0.2) is 67.0 Å². The van der Waals surface area contributed by atoms with E-state index in [4.69, 9.17) is 5.11 Å². The number of carbonyl (C=O) groups is 2. The molecule has 1 aromatic heterocycles. The van der Waals surface area contributed by atoms with E-state index in [9.17, 15) is 62.3 Å². The number of Topliss-reactive ketones (excluding diaryl/α,β-unsaturated/α-hetero) is 1. The molecular formula is C42H14BF20NO3. The summed E-state index contributed by atoms with van der Waals surface area (Å²) in [6, 6.07) is 15.9. The fourth-order valence-corrected chi connectivity index (χ4v) is 7.22. The van der Waals surface area contributed by atoms with E-state index in [1.165, 1.54) is 0 Å². The predicted octanol–water partition coefficient (Wildman–Crippen LogP) is 8.55. The molecule has 0 saturated heterocycles. The van der Waals surface area contributed by atoms with Gasteiger partial charge in [-0.2, -0.15) is 4.57 Å². The fraction of sp³-hybridized carbons (Fsp3) is 0.0238. The Bertz CT molecular complexity index is 2840. The van der Waals surface area contributed by atoms with Crippen molar-refractivity contribution in [2.75, 3.05) is 0 Å². The van der Waals surface area contributed by atoms with Crippen LogP contribution in [0.5, 0.6) is 0 Å². The van der Waals surface area contributed by atoms with Crippen LogP contribution in [0.3, 0.4) is 0 Å². The van der Waals surface area contributed by atoms with Gasteiger partial charge in [-0.25, -0.2) is 92.6 Å². The molecule has 0 amide bonds. The van der Waals surface area contributed by atoms with Gasteiger partial charge in [-0.15, -0.1) is 21.9 Å². The molecule has 0 spiro atoms. The van der Waals surface area contributed by atoms with E-state index in [0.717, 1.165) is 10.8 Å². The number of benzene rings is 6. The second kappa shape index (κ2) is 18.1. The SMILES string of the molecule is Fc1c(F)c(F)c([B-](c2c(F)c(F)c(F)c(F)c2F)(c2c(F)c(F)c(F)c(F)c2F)c2c(F)c(F)c(F)c(F)c2F)c(F)c1F.O=C(O)c1ccc2cc[n+](CC(=O)c3ccccc3)cc2c1. The van der Waals surface area contributed by atoms with Crippen molar-refractivity contribution < 1.29 is 107 Å². The first kappa shape index (κ1) is 49.0. The Labute approximate surface area is 358 Å². The molecule has 1 N–H and O–H groups in total. The van der Waals surface area contributed by atoms with E-state index in [-0.39, 0.29) is 17.9 Å². The molecule has 7 aromatic rings. The lowest BCUT2D eigenvalue weighted by Crippen LogP contribution is -2.81. The number of fused-ring (bicyclic) bond motifs is 1. The summed E-state index contributed by atoms with van der Waals surface area (Å²) in [5.74, 6) is -72.4. The largest absolute Gasteiger partial charge is 0.478 e. The van der Waals surface area contributed by atoms with Crippen LogP contribution in [0.25, 0.3) is 10.8 Å². The van der Waals surface area contributed by atoms with Gasteiger partial charge in [-0.3, -0.25) is 4.79 Å². The van der Waals surface area contributed by atoms with Crippen molar-refractivity contribution in [1.82, 2.24) is 0 Å². The van der Waals surface area contributed by atoms with E-state index in [0.29, 0.717) is 5.56 Å². The highest BCUT2D eigenvalue weighted by Gasteiger charge is 2.52. The first-order valence-electron chi connectivity index (χ1n) is 17.8. The molecule has 0 bridgehead atoms. The molecule has 0 radical (unpaired) electrons. The number of carbonyl (C=O) groups excluding carboxylic acids is 1. The number of aromatic nitrogens is 1. The molecule has 0 atom stereocenters. The van der Waals surface area contributed by atoms with Crippen LogP contribution in [0.1, 0.15) is 20.7 Å². The lowest BCUT2D eigenvalue weighted by molar-refractivity contribution is -0.681. The maximum atomic E-state index is 15.4. The van der Waals surface area contributed by atoms with Gasteiger partial charge in [-0.05, 0) is 17.5 Å². The average Bonchev–Trinajstić information content (AvgIpc) is 3.31. The highest BCUT2D eigenvalue weighted by Crippen LogP contribution is 2.31. The Morgan fingerprint density at radius 1 is 0.388 bits per heavy atom. The highest BCUT2D eigenvalue weighted by molar-refractivity contribution is 7.20. The zero-order valence-electron chi connectivity index (χ0n) is 31.9. The van der Waals surface area contributed by atoms with Crippen LogP contribution in [-0.2, 0) is 6.54 Å². The summed E-state index contributed by atoms with van der Waals surface area (Å²) in [5, 5.41) is 10.8. The van der Waals surface area contributed by atoms with Crippen molar-refractivity contribution in [3.63, 3.8) is 0 Å². The standard InChI is InChI=1S/C24BF20.C18H13NO3/c26-5-1(6(27)14(35)21(42)13(5)34)25(2-7(28)15(36)22(43)16(37)8(2)29,3-9(30)17(38)23(44)18(39)10(3)31)4-11(32)19(40)24(45)20(41)12(4)33;20-17(14-4-2-1-3-5-14)12-19-9-8-13-6-7-15(18(21)22)10-16(13)11-19/h;1-11H,12H2/q-1;/p+1. The van der Waals surface area contributed by atoms with Gasteiger partial charge in [0.15, 0.2) is 82.2 Å². The van der Waals surface area contributed by atoms with E-state index in [1.807, 2.05) is 30.5 Å². The van der Waals surface area contributed by atoms with Crippen LogP contribution < -0.4 is 26.4 Å². The van der Waals surface area contributed by atoms with Gasteiger partial charge in [0, 0.05) is 17.0 Å². The zero-order valence-corrected chi connectivity index (χ0v) is 31.9. The Kier molecular flexibility index (Phi) is 13.2. The van der Waals surface area contributed by atoms with Gasteiger partial charge in [0.2, 0.25) is 12.3 Å². The molecule has 25 heteroatoms. The van der Waals surface area contributed by atoms with E-state index in [2.05, 4.69) is 0 Å². The summed E-state index contributed by atoms with van der Waals surface area (Å²) in [5.41, 5.74) is -13.4. The molecule has 1 heterocycles. The number of carboxylic acids is 1. The molecule has 0 saturated carbocycles. The van der Waals surface area contributed by atoms with Crippen molar-refractivity contribution in [3.05, 3.63) is 194 Å². The van der Waals surface area contributed by atoms with Crippen molar-refractivity contribution in [2.45, 2.75) is 6.54 Å². The van der Waals surface area contributed by atoms with Gasteiger partial charge in [0.1, 0.15) is 52.7 Å². The topological polar surface area (TPSA) is 58.2 Å². The molecule has 7 rings (SSSR count). The maximum absolute atomic E-state index is 15.4. The van der Waals surface area contributed by atoms with Gasteiger partial charge in [-0.1, -0.05) is 36.4 Å². The number of carboxylic acid groups (broad SMARTS) is 1. The zero-order chi connectivity index (χ0) is 49.9. The average molecular weight is 971 g/mol. The van der Waals surface area contributed by atoms with Crippen molar-refractivity contribution in [1.29, 1.82) is 0 Å². The summed E-state index contributed by atoms with van der Waals surface area (Å²) in [7, 11) is 0. The number of pyridine rings is 1. The minimum Gasteiger partial charge on any atom is -0.478 e. The minimum atomic E-state index is -7.22. The Balaban J connectivity index is 0.000000279. The second-order valence-electron chi connectivity index (χ2n) is 13.9. The molecule has 0 aliphatic rings. The van der Waals surface area contributed by atoms with E-state index in [1.54, 1.807) is 41.1 Å². The molecule has 4 nitrogen and oxygen atoms in total. The normalized spacial score (nSPS) is 11.5. The van der Waals surface area contributed by atoms with E-state index < -0.39 is 150 Å². The highest BCUT2D eigenvalue weighted by atomic mass is 19.2. The third-order valence-corrected chi connectivity index (χ3v) is 10.2. The number of halogens is 20. The summed E-state index contributed by atoms with van der Waals surface area (Å²) in [4.78, 5) is 23.2. The van der Waals surface area contributed by atoms with Crippen LogP contribution in [0.4, 0.5) is 87.8 Å². The number of hydrogen-bond donors (Lipinski definition) is 1. The van der Waals surface area contributed by atoms with Crippen LogP contribution in [-0.4, -0.2) is 23.0 Å². The van der Waals surface area contributed by atoms with Crippen molar-refractivity contribution in [2.24, 2.45) is 0 Å². The van der Waals surface area contributed by atoms with Crippen LogP contribution >= 0.6 is 0 Å². The number of nitrogens with zero attached hydrogens (tertiary/aromatic N) is 1. The third-order valence-electron chi connectivity index (χ3n) is 10.2. The van der Waals surface area contributed by atoms with Gasteiger partial charge < -0.3 is 5.11 Å². The number of rotatable bonds is 8. The lowest BCUT2D eigenvalue weighted by Gasteiger charge is -2.44. The van der Waals surface area contributed by atoms with Crippen molar-refractivity contribution in [3.8, 4) is 0 Å². The molecule has 67 heavy (non-hydrogen) atoms.